The topological polar surface area (TPSA) is 97.5 Å². The van der Waals surface area contributed by atoms with Crippen LogP contribution in [0.5, 0.6) is 0 Å². The van der Waals surface area contributed by atoms with Crippen molar-refractivity contribution in [3.8, 4) is 0 Å². The van der Waals surface area contributed by atoms with Crippen LogP contribution in [0.15, 0.2) is 18.3 Å². The molecule has 110 valence electrons. The molecule has 1 aromatic rings. The number of nitrogens with zero attached hydrogens (tertiary/aromatic N) is 1. The minimum Gasteiger partial charge on any atom is -0.487 e. The molecule has 6 nitrogen and oxygen atoms in total. The van der Waals surface area contributed by atoms with Crippen molar-refractivity contribution in [3.05, 3.63) is 23.4 Å². The summed E-state index contributed by atoms with van der Waals surface area (Å²) < 4.78 is 5.11. The molecule has 0 aliphatic heterocycles. The first-order valence-electron chi connectivity index (χ1n) is 5.34. The molecule has 0 fully saturated rings. The maximum Gasteiger partial charge on any atom is 0.262 e. The quantitative estimate of drug-likeness (QED) is 0.720. The molecular weight excluding hydrogens is 322 g/mol. The van der Waals surface area contributed by atoms with Gasteiger partial charge in [0.1, 0.15) is 11.6 Å². The van der Waals surface area contributed by atoms with Gasteiger partial charge in [-0.2, -0.15) is 0 Å². The molecule has 0 saturated carbocycles. The standard InChI is InChI=1S/C10H11ClN2O2S.CH3NOS/c1-7(14)4-5-15-10(16)13-9-3-2-8(11)6-12-9;2-1(3)4/h2-3,6H,4-5H2,1H3,(H,12,13,16);(H3,2,3,4). The largest absolute Gasteiger partial charge is 0.487 e. The van der Waals surface area contributed by atoms with E-state index in [2.05, 4.69) is 28.3 Å². The van der Waals surface area contributed by atoms with Crippen LogP contribution >= 0.6 is 36.0 Å². The van der Waals surface area contributed by atoms with Gasteiger partial charge in [-0.05, 0) is 43.5 Å². The van der Waals surface area contributed by atoms with Crippen LogP contribution in [0.2, 0.25) is 5.02 Å². The molecule has 0 atom stereocenters. The Bertz CT molecular complexity index is 464. The van der Waals surface area contributed by atoms with Gasteiger partial charge in [-0.25, -0.2) is 4.98 Å². The molecule has 4 N–H and O–H groups in total. The molecule has 1 heterocycles. The average Bonchev–Trinajstić information content (AvgIpc) is 2.31. The number of ketones is 1. The lowest BCUT2D eigenvalue weighted by Gasteiger charge is -2.07. The molecule has 0 aliphatic carbocycles. The van der Waals surface area contributed by atoms with Gasteiger partial charge in [-0.15, -0.1) is 0 Å². The normalized spacial score (nSPS) is 8.90. The number of Topliss-reactive ketones (excluding diaryl/α,β-unsaturated/α-hetero) is 1. The Morgan fingerprint density at radius 3 is 2.60 bits per heavy atom. The van der Waals surface area contributed by atoms with Crippen LogP contribution in [0, 0.1) is 0 Å². The molecule has 0 aromatic carbocycles. The number of hydrogen-bond acceptors (Lipinski definition) is 5. The zero-order valence-corrected chi connectivity index (χ0v) is 13.0. The van der Waals surface area contributed by atoms with Crippen LogP contribution in [0.4, 0.5) is 5.82 Å². The minimum atomic E-state index is -0.500. The van der Waals surface area contributed by atoms with Crippen LogP contribution in [0.1, 0.15) is 13.3 Å². The number of pyridine rings is 1. The molecule has 9 heteroatoms. The van der Waals surface area contributed by atoms with Gasteiger partial charge in [0, 0.05) is 12.6 Å². The monoisotopic (exact) mass is 335 g/mol. The second-order valence-corrected chi connectivity index (χ2v) is 4.64. The van der Waals surface area contributed by atoms with E-state index >= 15 is 0 Å². The third kappa shape index (κ3) is 11.6. The van der Waals surface area contributed by atoms with E-state index in [0.29, 0.717) is 17.3 Å². The number of halogens is 1. The molecule has 0 saturated heterocycles. The van der Waals surface area contributed by atoms with Crippen molar-refractivity contribution in [3.63, 3.8) is 0 Å². The number of aromatic nitrogens is 1. The van der Waals surface area contributed by atoms with Crippen molar-refractivity contribution in [1.29, 1.82) is 0 Å². The molecule has 0 bridgehead atoms. The number of carbonyl (C=O) groups excluding carboxylic acids is 1. The number of nitrogens with one attached hydrogen (secondary N) is 1. The highest BCUT2D eigenvalue weighted by molar-refractivity contribution is 7.80. The lowest BCUT2D eigenvalue weighted by Crippen LogP contribution is -2.15. The molecule has 1 rings (SSSR count). The summed E-state index contributed by atoms with van der Waals surface area (Å²) in [6.07, 6.45) is 1.85. The fourth-order valence-corrected chi connectivity index (χ4v) is 1.18. The molecule has 0 radical (unpaired) electrons. The van der Waals surface area contributed by atoms with Crippen LogP contribution < -0.4 is 11.1 Å². The number of rotatable bonds is 4. The average molecular weight is 336 g/mol. The zero-order chi connectivity index (χ0) is 15.5. The summed E-state index contributed by atoms with van der Waals surface area (Å²) >= 11 is 14.4. The first-order chi connectivity index (χ1) is 9.31. The Labute approximate surface area is 132 Å². The molecule has 0 amide bonds. The van der Waals surface area contributed by atoms with Gasteiger partial charge in [0.05, 0.1) is 11.6 Å². The fourth-order valence-electron chi connectivity index (χ4n) is 0.878. The van der Waals surface area contributed by atoms with Crippen molar-refractivity contribution in [1.82, 2.24) is 4.98 Å². The Balaban J connectivity index is 0.000000796. The summed E-state index contributed by atoms with van der Waals surface area (Å²) in [5, 5.41) is 10.6. The molecule has 0 aliphatic rings. The number of aliphatic hydroxyl groups is 1. The SMILES string of the molecule is CC(=O)CCOC(=S)Nc1ccc(Cl)cn1.NC(O)=S. The van der Waals surface area contributed by atoms with Crippen LogP contribution in [-0.4, -0.2) is 32.8 Å². The first kappa shape index (κ1) is 18.5. The van der Waals surface area contributed by atoms with Crippen molar-refractivity contribution < 1.29 is 14.6 Å². The molecule has 0 unspecified atom stereocenters. The highest BCUT2D eigenvalue weighted by atomic mass is 35.5. The van der Waals surface area contributed by atoms with Gasteiger partial charge in [0.25, 0.3) is 10.3 Å². The van der Waals surface area contributed by atoms with Crippen molar-refractivity contribution in [2.45, 2.75) is 13.3 Å². The number of thiocarbonyl (C=S) groups is 2. The summed E-state index contributed by atoms with van der Waals surface area (Å²) in [4.78, 5) is 14.6. The van der Waals surface area contributed by atoms with Crippen molar-refractivity contribution >= 4 is 58.0 Å². The summed E-state index contributed by atoms with van der Waals surface area (Å²) in [7, 11) is 0. The van der Waals surface area contributed by atoms with Crippen LogP contribution in [0.3, 0.4) is 0 Å². The van der Waals surface area contributed by atoms with Gasteiger partial charge in [-0.1, -0.05) is 11.6 Å². The van der Waals surface area contributed by atoms with E-state index in [1.165, 1.54) is 13.1 Å². The maximum atomic E-state index is 10.7. The minimum absolute atomic E-state index is 0.0624. The van der Waals surface area contributed by atoms with Gasteiger partial charge in [0.15, 0.2) is 0 Å². The zero-order valence-electron chi connectivity index (χ0n) is 10.6. The second-order valence-electron chi connectivity index (χ2n) is 3.41. The Morgan fingerprint density at radius 2 is 2.15 bits per heavy atom. The van der Waals surface area contributed by atoms with E-state index in [9.17, 15) is 4.79 Å². The Hall–Kier alpha value is -1.51. The maximum absolute atomic E-state index is 10.7. The van der Waals surface area contributed by atoms with E-state index in [-0.39, 0.29) is 17.6 Å². The summed E-state index contributed by atoms with van der Waals surface area (Å²) in [5.41, 5.74) is 4.40. The summed E-state index contributed by atoms with van der Waals surface area (Å²) in [6, 6.07) is 3.37. The first-order valence-corrected chi connectivity index (χ1v) is 6.54. The number of hydrogen-bond donors (Lipinski definition) is 3. The fraction of sp³-hybridized carbons (Fsp3) is 0.273. The Morgan fingerprint density at radius 1 is 1.55 bits per heavy atom. The molecule has 0 spiro atoms. The lowest BCUT2D eigenvalue weighted by atomic mass is 10.3. The van der Waals surface area contributed by atoms with Gasteiger partial charge < -0.3 is 20.9 Å². The second kappa shape index (κ2) is 10.3. The predicted octanol–water partition coefficient (Wildman–Crippen LogP) is 2.22. The van der Waals surface area contributed by atoms with E-state index in [0.717, 1.165) is 0 Å². The highest BCUT2D eigenvalue weighted by Crippen LogP contribution is 2.09. The predicted molar refractivity (Wildman–Crippen MR) is 86.1 cm³/mol. The van der Waals surface area contributed by atoms with Crippen molar-refractivity contribution in [2.75, 3.05) is 11.9 Å². The van der Waals surface area contributed by atoms with E-state index in [1.54, 1.807) is 12.1 Å². The molecular formula is C11H14ClN3O3S2. The smallest absolute Gasteiger partial charge is 0.262 e. The third-order valence-electron chi connectivity index (χ3n) is 1.64. The third-order valence-corrected chi connectivity index (χ3v) is 2.09. The number of nitrogens with two attached hydrogens (primary N) is 1. The van der Waals surface area contributed by atoms with Crippen molar-refractivity contribution in [2.24, 2.45) is 5.73 Å². The number of aliphatic hydroxyl groups excluding tert-OH is 1. The van der Waals surface area contributed by atoms with E-state index < -0.39 is 5.17 Å². The van der Waals surface area contributed by atoms with Crippen LogP contribution in [0.25, 0.3) is 0 Å². The summed E-state index contributed by atoms with van der Waals surface area (Å²) in [5.74, 6) is 0.615. The number of anilines is 1. The molecule has 20 heavy (non-hydrogen) atoms. The van der Waals surface area contributed by atoms with E-state index in [1.807, 2.05) is 0 Å². The van der Waals surface area contributed by atoms with Gasteiger partial charge >= 0.3 is 0 Å². The number of ether oxygens (including phenoxy) is 1. The van der Waals surface area contributed by atoms with Crippen LogP contribution in [-0.2, 0) is 9.53 Å². The highest BCUT2D eigenvalue weighted by Gasteiger charge is 2.01. The Kier molecular flexibility index (Phi) is 9.52. The van der Waals surface area contributed by atoms with Gasteiger partial charge in [-0.3, -0.25) is 4.79 Å². The molecule has 1 aromatic heterocycles. The number of carbonyl (C=O) groups is 1. The van der Waals surface area contributed by atoms with E-state index in [4.69, 9.17) is 33.7 Å². The van der Waals surface area contributed by atoms with Gasteiger partial charge in [0.2, 0.25) is 0 Å². The lowest BCUT2D eigenvalue weighted by molar-refractivity contribution is -0.117. The summed E-state index contributed by atoms with van der Waals surface area (Å²) in [6.45, 7) is 1.77.